The summed E-state index contributed by atoms with van der Waals surface area (Å²) in [5, 5.41) is 26.6. The van der Waals surface area contributed by atoms with Gasteiger partial charge in [-0.2, -0.15) is 30.7 Å². The zero-order valence-electron chi connectivity index (χ0n) is 28.7. The lowest BCUT2D eigenvalue weighted by Crippen LogP contribution is -2.62. The average Bonchev–Trinajstić information content (AvgIpc) is 3.62. The molecule has 0 bridgehead atoms. The quantitative estimate of drug-likeness (QED) is 0.0961. The Labute approximate surface area is 306 Å². The number of nitrogens with one attached hydrogen (secondary N) is 2. The number of aliphatic hydroxyl groups is 1. The maximum Gasteiger partial charge on any atom is 0.433 e. The summed E-state index contributed by atoms with van der Waals surface area (Å²) in [6.45, 7) is -1.02. The van der Waals surface area contributed by atoms with E-state index in [4.69, 9.17) is 14.6 Å². The van der Waals surface area contributed by atoms with Gasteiger partial charge in [-0.05, 0) is 43.2 Å². The number of likely N-dealkylation sites (N-methyl/N-ethyl adjacent to an activating group) is 1. The van der Waals surface area contributed by atoms with Crippen LogP contribution >= 0.6 is 0 Å². The van der Waals surface area contributed by atoms with Crippen molar-refractivity contribution >= 4 is 23.6 Å². The van der Waals surface area contributed by atoms with E-state index in [0.717, 1.165) is 23.2 Å². The standard InChI is InChI=1S/C34H32F8N6O7/c1-47-32(8-2-3-9-32)28(49)25(30(51)48(47)16-18-4-7-23(27(36)26(18)35)55-13-12-54-11-10-43-31(52)53)29(50)46-21-6-5-19(33(37,38)39)14-20(21)22-15-24(34(40,41)42)45-17-44-22/h4-7,14-15,17,43,49H,2-3,8-13,16H2,1H3,(H,46,50)(H,52,53). The first kappa shape index (κ1) is 40.6. The number of carbonyl (C=O) groups is 3. The van der Waals surface area contributed by atoms with Gasteiger partial charge < -0.3 is 30.3 Å². The molecule has 2 aromatic carbocycles. The van der Waals surface area contributed by atoms with Gasteiger partial charge in [0.05, 0.1) is 42.2 Å². The monoisotopic (exact) mass is 788 g/mol. The van der Waals surface area contributed by atoms with Crippen molar-refractivity contribution in [3.05, 3.63) is 82.5 Å². The van der Waals surface area contributed by atoms with Gasteiger partial charge in [-0.15, -0.1) is 0 Å². The largest absolute Gasteiger partial charge is 0.509 e. The van der Waals surface area contributed by atoms with Crippen LogP contribution in [-0.2, 0) is 33.2 Å². The van der Waals surface area contributed by atoms with Crippen LogP contribution < -0.4 is 15.4 Å². The fraction of sp³-hybridized carbons (Fsp3) is 0.382. The van der Waals surface area contributed by atoms with Crippen LogP contribution in [0, 0.1) is 11.6 Å². The predicted molar refractivity (Wildman–Crippen MR) is 174 cm³/mol. The Kier molecular flexibility index (Phi) is 11.8. The van der Waals surface area contributed by atoms with E-state index in [-0.39, 0.29) is 44.8 Å². The number of alkyl halides is 6. The number of hydrogen-bond acceptors (Lipinski definition) is 9. The van der Waals surface area contributed by atoms with Gasteiger partial charge >= 0.3 is 18.4 Å². The number of aromatic nitrogens is 2. The summed E-state index contributed by atoms with van der Waals surface area (Å²) in [5.74, 6) is -6.59. The van der Waals surface area contributed by atoms with Gasteiger partial charge in [-0.3, -0.25) is 14.6 Å². The minimum absolute atomic E-state index is 0.00935. The Morgan fingerprint density at radius 2 is 1.65 bits per heavy atom. The third-order valence-corrected chi connectivity index (χ3v) is 9.05. The summed E-state index contributed by atoms with van der Waals surface area (Å²) < 4.78 is 122. The molecule has 0 unspecified atom stereocenters. The normalized spacial score (nSPS) is 16.2. The molecule has 2 heterocycles. The molecule has 55 heavy (non-hydrogen) atoms. The van der Waals surface area contributed by atoms with Crippen LogP contribution in [0.15, 0.2) is 54.1 Å². The summed E-state index contributed by atoms with van der Waals surface area (Å²) in [6.07, 6.45) is -9.33. The number of carboxylic acid groups (broad SMARTS) is 1. The van der Waals surface area contributed by atoms with E-state index in [9.17, 15) is 45.8 Å². The van der Waals surface area contributed by atoms with Gasteiger partial charge in [0.1, 0.15) is 30.0 Å². The van der Waals surface area contributed by atoms with Gasteiger partial charge in [-0.1, -0.05) is 18.9 Å². The molecule has 3 amide bonds. The molecule has 21 heteroatoms. The Morgan fingerprint density at radius 1 is 0.945 bits per heavy atom. The molecule has 296 valence electrons. The van der Waals surface area contributed by atoms with Crippen molar-refractivity contribution in [2.45, 2.75) is 50.1 Å². The van der Waals surface area contributed by atoms with Crippen molar-refractivity contribution in [2.75, 3.05) is 38.7 Å². The van der Waals surface area contributed by atoms with E-state index >= 15 is 8.78 Å². The minimum atomic E-state index is -5.01. The highest BCUT2D eigenvalue weighted by Crippen LogP contribution is 2.45. The van der Waals surface area contributed by atoms with E-state index in [1.807, 2.05) is 0 Å². The number of amides is 3. The second-order valence-electron chi connectivity index (χ2n) is 12.4. The number of hydrazine groups is 1. The maximum atomic E-state index is 15.4. The number of rotatable bonds is 12. The van der Waals surface area contributed by atoms with Crippen LogP contribution in [0.4, 0.5) is 45.6 Å². The maximum absolute atomic E-state index is 15.4. The summed E-state index contributed by atoms with van der Waals surface area (Å²) >= 11 is 0. The SMILES string of the molecule is CN1N(Cc2ccc(OCCOCCNC(=O)O)c(F)c2F)C(=O)C(C(=O)Nc2ccc(C(F)(F)F)cc2-c2cc(C(F)(F)F)ncn2)=C(O)C12CCCC2. The Balaban J connectivity index is 1.43. The molecule has 4 N–H and O–H groups in total. The van der Waals surface area contributed by atoms with E-state index in [1.54, 1.807) is 0 Å². The minimum Gasteiger partial charge on any atom is -0.509 e. The van der Waals surface area contributed by atoms with Crippen molar-refractivity contribution < 1.29 is 69.2 Å². The van der Waals surface area contributed by atoms with Crippen LogP contribution in [0.1, 0.15) is 42.5 Å². The highest BCUT2D eigenvalue weighted by atomic mass is 19.4. The van der Waals surface area contributed by atoms with Crippen molar-refractivity contribution in [2.24, 2.45) is 0 Å². The van der Waals surface area contributed by atoms with Crippen LogP contribution in [0.2, 0.25) is 0 Å². The molecule has 1 aliphatic carbocycles. The molecule has 1 spiro atoms. The number of carbonyl (C=O) groups excluding carboxylic acids is 2. The van der Waals surface area contributed by atoms with Crippen molar-refractivity contribution in [3.63, 3.8) is 0 Å². The fourth-order valence-electron chi connectivity index (χ4n) is 6.28. The first-order valence-corrected chi connectivity index (χ1v) is 16.4. The second kappa shape index (κ2) is 16.0. The molecule has 1 aliphatic heterocycles. The van der Waals surface area contributed by atoms with Gasteiger partial charge in [0.25, 0.3) is 11.8 Å². The number of aliphatic hydroxyl groups excluding tert-OH is 1. The van der Waals surface area contributed by atoms with Crippen LogP contribution in [-0.4, -0.2) is 87.1 Å². The van der Waals surface area contributed by atoms with E-state index in [1.165, 1.54) is 12.1 Å². The zero-order chi connectivity index (χ0) is 40.3. The molecule has 13 nitrogen and oxygen atoms in total. The van der Waals surface area contributed by atoms with E-state index < -0.39 is 99.3 Å². The van der Waals surface area contributed by atoms with Gasteiger partial charge in [0, 0.05) is 24.7 Å². The first-order chi connectivity index (χ1) is 25.8. The Hall–Kier alpha value is -5.57. The fourth-order valence-corrected chi connectivity index (χ4v) is 6.28. The lowest BCUT2D eigenvalue weighted by atomic mass is 9.88. The molecule has 0 saturated heterocycles. The smallest absolute Gasteiger partial charge is 0.433 e. The summed E-state index contributed by atoms with van der Waals surface area (Å²) in [7, 11) is 1.40. The van der Waals surface area contributed by atoms with Crippen molar-refractivity contribution in [3.8, 4) is 17.0 Å². The van der Waals surface area contributed by atoms with Crippen LogP contribution in [0.5, 0.6) is 5.75 Å². The Morgan fingerprint density at radius 3 is 2.31 bits per heavy atom. The average molecular weight is 789 g/mol. The topological polar surface area (TPSA) is 166 Å². The lowest BCUT2D eigenvalue weighted by Gasteiger charge is -2.48. The molecular formula is C34H32F8N6O7. The second-order valence-corrected chi connectivity index (χ2v) is 12.4. The van der Waals surface area contributed by atoms with Crippen LogP contribution in [0.25, 0.3) is 11.3 Å². The van der Waals surface area contributed by atoms with E-state index in [0.29, 0.717) is 37.4 Å². The first-order valence-electron chi connectivity index (χ1n) is 16.4. The summed E-state index contributed by atoms with van der Waals surface area (Å²) in [5.41, 5.74) is -7.22. The molecular weight excluding hydrogens is 756 g/mol. The summed E-state index contributed by atoms with van der Waals surface area (Å²) in [4.78, 5) is 45.1. The van der Waals surface area contributed by atoms with Gasteiger partial charge in [0.15, 0.2) is 11.6 Å². The zero-order valence-corrected chi connectivity index (χ0v) is 28.7. The molecule has 1 fully saturated rings. The highest BCUT2D eigenvalue weighted by Gasteiger charge is 2.53. The number of anilines is 1. The number of ether oxygens (including phenoxy) is 2. The lowest BCUT2D eigenvalue weighted by molar-refractivity contribution is -0.163. The molecule has 5 rings (SSSR count). The molecule has 0 radical (unpaired) electrons. The van der Waals surface area contributed by atoms with Crippen molar-refractivity contribution in [1.82, 2.24) is 25.3 Å². The number of hydrogen-bond donors (Lipinski definition) is 4. The third-order valence-electron chi connectivity index (χ3n) is 9.05. The Bertz CT molecular complexity index is 1990. The number of halogens is 8. The van der Waals surface area contributed by atoms with Gasteiger partial charge in [-0.25, -0.2) is 24.2 Å². The highest BCUT2D eigenvalue weighted by molar-refractivity contribution is 6.24. The van der Waals surface area contributed by atoms with Crippen molar-refractivity contribution in [1.29, 1.82) is 0 Å². The molecule has 2 aliphatic rings. The number of nitrogens with zero attached hydrogens (tertiary/aromatic N) is 4. The summed E-state index contributed by atoms with van der Waals surface area (Å²) in [6, 6.07) is 4.32. The number of benzene rings is 2. The third kappa shape index (κ3) is 8.72. The molecule has 3 aromatic rings. The predicted octanol–water partition coefficient (Wildman–Crippen LogP) is 6.08. The van der Waals surface area contributed by atoms with Gasteiger partial charge in [0.2, 0.25) is 5.82 Å². The molecule has 0 atom stereocenters. The molecule has 1 aromatic heterocycles. The van der Waals surface area contributed by atoms with E-state index in [2.05, 4.69) is 20.6 Å². The molecule has 1 saturated carbocycles. The van der Waals surface area contributed by atoms with Crippen LogP contribution in [0.3, 0.4) is 0 Å².